The molecule has 0 radical (unpaired) electrons. The summed E-state index contributed by atoms with van der Waals surface area (Å²) in [5, 5.41) is 5.39. The molecule has 0 atom stereocenters. The number of carbonyl (C=O) groups excluding carboxylic acids is 1. The highest BCUT2D eigenvalue weighted by molar-refractivity contribution is 7.80. The van der Waals surface area contributed by atoms with Crippen LogP contribution in [-0.4, -0.2) is 17.6 Å². The highest BCUT2D eigenvalue weighted by Crippen LogP contribution is 2.26. The maximum absolute atomic E-state index is 12.6. The van der Waals surface area contributed by atoms with Gasteiger partial charge in [-0.25, -0.2) is 0 Å². The monoisotopic (exact) mass is 344 g/mol. The van der Waals surface area contributed by atoms with E-state index in [4.69, 9.17) is 17.0 Å². The van der Waals surface area contributed by atoms with Crippen molar-refractivity contribution in [2.45, 2.75) is 13.8 Å². The van der Waals surface area contributed by atoms with Crippen molar-refractivity contribution in [1.29, 1.82) is 0 Å². The van der Waals surface area contributed by atoms with Crippen molar-refractivity contribution in [3.8, 4) is 5.75 Å². The van der Waals surface area contributed by atoms with Crippen LogP contribution in [0.4, 0.5) is 5.69 Å². The van der Waals surface area contributed by atoms with Gasteiger partial charge in [0.05, 0.1) is 12.3 Å². The van der Waals surface area contributed by atoms with Crippen LogP contribution in [0.15, 0.2) is 41.4 Å². The summed E-state index contributed by atoms with van der Waals surface area (Å²) < 4.78 is 5.42. The van der Waals surface area contributed by atoms with Crippen molar-refractivity contribution < 1.29 is 9.53 Å². The molecule has 0 unspecified atom stereocenters. The molecular weight excluding hydrogens is 328 g/mol. The van der Waals surface area contributed by atoms with Gasteiger partial charge in [-0.3, -0.25) is 9.69 Å². The smallest absolute Gasteiger partial charge is 0.281 e. The molecule has 0 bridgehead atoms. The zero-order valence-electron chi connectivity index (χ0n) is 12.8. The first-order valence-electron chi connectivity index (χ1n) is 7.24. The highest BCUT2D eigenvalue weighted by atomic mass is 32.1. The molecule has 0 saturated carbocycles. The number of benzene rings is 1. The molecule has 4 nitrogen and oxygen atoms in total. The molecule has 1 amide bonds. The molecule has 0 aliphatic carbocycles. The Labute approximate surface area is 144 Å². The van der Waals surface area contributed by atoms with E-state index in [0.29, 0.717) is 17.4 Å². The van der Waals surface area contributed by atoms with Gasteiger partial charge in [0.15, 0.2) is 5.11 Å². The first-order valence-corrected chi connectivity index (χ1v) is 8.53. The third-order valence-corrected chi connectivity index (χ3v) is 4.71. The van der Waals surface area contributed by atoms with Crippen molar-refractivity contribution in [3.05, 3.63) is 51.8 Å². The lowest BCUT2D eigenvalue weighted by molar-refractivity contribution is -0.113. The first-order chi connectivity index (χ1) is 11.1. The Balaban J connectivity index is 1.87. The predicted octanol–water partition coefficient (Wildman–Crippen LogP) is 3.72. The summed E-state index contributed by atoms with van der Waals surface area (Å²) in [4.78, 5) is 15.2. The Hall–Kier alpha value is -2.18. The Morgan fingerprint density at radius 1 is 1.30 bits per heavy atom. The van der Waals surface area contributed by atoms with Crippen LogP contribution >= 0.6 is 23.6 Å². The minimum Gasteiger partial charge on any atom is -0.494 e. The van der Waals surface area contributed by atoms with Gasteiger partial charge >= 0.3 is 0 Å². The van der Waals surface area contributed by atoms with E-state index in [-0.39, 0.29) is 5.91 Å². The summed E-state index contributed by atoms with van der Waals surface area (Å²) >= 11 is 6.91. The van der Waals surface area contributed by atoms with E-state index in [1.807, 2.05) is 55.6 Å². The molecule has 0 spiro atoms. The number of anilines is 1. The van der Waals surface area contributed by atoms with Crippen LogP contribution in [0.1, 0.15) is 17.4 Å². The summed E-state index contributed by atoms with van der Waals surface area (Å²) in [6.07, 6.45) is 1.85. The third-order valence-electron chi connectivity index (χ3n) is 3.46. The Bertz CT molecular complexity index is 778. The largest absolute Gasteiger partial charge is 0.494 e. The van der Waals surface area contributed by atoms with Crippen molar-refractivity contribution in [2.75, 3.05) is 11.5 Å². The van der Waals surface area contributed by atoms with E-state index in [9.17, 15) is 4.79 Å². The van der Waals surface area contributed by atoms with E-state index in [1.165, 1.54) is 4.90 Å². The van der Waals surface area contributed by atoms with E-state index in [1.54, 1.807) is 11.3 Å². The minimum atomic E-state index is -0.146. The minimum absolute atomic E-state index is 0.146. The topological polar surface area (TPSA) is 41.6 Å². The van der Waals surface area contributed by atoms with E-state index in [2.05, 4.69) is 5.32 Å². The molecule has 1 aromatic carbocycles. The summed E-state index contributed by atoms with van der Waals surface area (Å²) in [5.74, 6) is 0.624. The molecule has 3 rings (SSSR count). The molecule has 1 aliphatic rings. The second-order valence-electron chi connectivity index (χ2n) is 5.02. The second kappa shape index (κ2) is 6.52. The summed E-state index contributed by atoms with van der Waals surface area (Å²) in [5.41, 5.74) is 2.36. The van der Waals surface area contributed by atoms with Gasteiger partial charge in [-0.2, -0.15) is 0 Å². The Morgan fingerprint density at radius 2 is 2.04 bits per heavy atom. The van der Waals surface area contributed by atoms with Gasteiger partial charge in [0, 0.05) is 4.88 Å². The van der Waals surface area contributed by atoms with E-state index in [0.717, 1.165) is 21.9 Å². The lowest BCUT2D eigenvalue weighted by Crippen LogP contribution is -2.30. The average Bonchev–Trinajstić information content (AvgIpc) is 3.05. The number of hydrogen-bond donors (Lipinski definition) is 1. The van der Waals surface area contributed by atoms with Crippen LogP contribution in [0.3, 0.4) is 0 Å². The van der Waals surface area contributed by atoms with Crippen LogP contribution in [-0.2, 0) is 4.79 Å². The fourth-order valence-electron chi connectivity index (χ4n) is 2.29. The molecule has 2 aromatic rings. The van der Waals surface area contributed by atoms with Gasteiger partial charge in [0.25, 0.3) is 5.91 Å². The number of nitrogens with zero attached hydrogens (tertiary/aromatic N) is 1. The molecule has 1 fully saturated rings. The average molecular weight is 344 g/mol. The standard InChI is InChI=1S/C17H16N2O2S2/c1-3-21-13-6-4-12(5-7-13)19-16(20)14(18-17(19)22)10-15-11(2)8-9-23-15/h4-10H,3H2,1-2H3,(H,18,22)/b14-10+. The highest BCUT2D eigenvalue weighted by Gasteiger charge is 2.32. The molecule has 1 saturated heterocycles. The Morgan fingerprint density at radius 3 is 2.65 bits per heavy atom. The van der Waals surface area contributed by atoms with Crippen molar-refractivity contribution >= 4 is 46.3 Å². The number of rotatable bonds is 4. The summed E-state index contributed by atoms with van der Waals surface area (Å²) in [6, 6.07) is 9.35. The first kappa shape index (κ1) is 15.7. The molecule has 118 valence electrons. The van der Waals surface area contributed by atoms with Crippen LogP contribution in [0.5, 0.6) is 5.75 Å². The van der Waals surface area contributed by atoms with Gasteiger partial charge in [0.2, 0.25) is 0 Å². The normalized spacial score (nSPS) is 16.1. The van der Waals surface area contributed by atoms with Gasteiger partial charge in [-0.05, 0) is 73.4 Å². The zero-order valence-corrected chi connectivity index (χ0v) is 14.5. The third kappa shape index (κ3) is 3.13. The van der Waals surface area contributed by atoms with E-state index >= 15 is 0 Å². The lowest BCUT2D eigenvalue weighted by atomic mass is 10.2. The van der Waals surface area contributed by atoms with Gasteiger partial charge in [-0.1, -0.05) is 0 Å². The lowest BCUT2D eigenvalue weighted by Gasteiger charge is -2.14. The number of aryl methyl sites for hydroxylation is 1. The molecule has 1 aromatic heterocycles. The second-order valence-corrected chi connectivity index (χ2v) is 6.36. The fraction of sp³-hybridized carbons (Fsp3) is 0.176. The van der Waals surface area contributed by atoms with Crippen LogP contribution in [0, 0.1) is 6.92 Å². The number of thiocarbonyl (C=S) groups is 1. The quantitative estimate of drug-likeness (QED) is 0.678. The van der Waals surface area contributed by atoms with E-state index < -0.39 is 0 Å². The van der Waals surface area contributed by atoms with Crippen molar-refractivity contribution in [2.24, 2.45) is 0 Å². The number of thiophene rings is 1. The maximum atomic E-state index is 12.6. The molecule has 1 N–H and O–H groups in total. The maximum Gasteiger partial charge on any atom is 0.281 e. The number of amides is 1. The predicted molar refractivity (Wildman–Crippen MR) is 97.9 cm³/mol. The molecule has 23 heavy (non-hydrogen) atoms. The fourth-order valence-corrected chi connectivity index (χ4v) is 3.45. The molecule has 1 aliphatic heterocycles. The van der Waals surface area contributed by atoms with Gasteiger partial charge < -0.3 is 10.1 Å². The Kier molecular flexibility index (Phi) is 4.45. The summed E-state index contributed by atoms with van der Waals surface area (Å²) in [7, 11) is 0. The van der Waals surface area contributed by atoms with Crippen LogP contribution < -0.4 is 15.0 Å². The van der Waals surface area contributed by atoms with Gasteiger partial charge in [-0.15, -0.1) is 11.3 Å². The summed E-state index contributed by atoms with van der Waals surface area (Å²) in [6.45, 7) is 4.56. The zero-order chi connectivity index (χ0) is 16.4. The molecule has 2 heterocycles. The van der Waals surface area contributed by atoms with Gasteiger partial charge in [0.1, 0.15) is 11.4 Å². The van der Waals surface area contributed by atoms with Crippen molar-refractivity contribution in [1.82, 2.24) is 5.32 Å². The number of hydrogen-bond acceptors (Lipinski definition) is 4. The SMILES string of the molecule is CCOc1ccc(N2C(=O)/C(=C\c3sccc3C)NC2=S)cc1. The molecular formula is C17H16N2O2S2. The number of carbonyl (C=O) groups is 1. The number of nitrogens with one attached hydrogen (secondary N) is 1. The van der Waals surface area contributed by atoms with Crippen LogP contribution in [0.2, 0.25) is 0 Å². The van der Waals surface area contributed by atoms with Crippen molar-refractivity contribution in [3.63, 3.8) is 0 Å². The number of ether oxygens (including phenoxy) is 1. The molecule has 6 heteroatoms. The van der Waals surface area contributed by atoms with Crippen LogP contribution in [0.25, 0.3) is 6.08 Å².